The Hall–Kier alpha value is -1.16. The number of nitrogens with two attached hydrogens (primary N) is 2. The number of carboxylic acids is 1. The average Bonchev–Trinajstić information content (AvgIpc) is 2.95. The van der Waals surface area contributed by atoms with Gasteiger partial charge in [0, 0.05) is 6.04 Å². The first-order valence-corrected chi connectivity index (χ1v) is 8.33. The molecule has 2 rings (SSSR count). The molecule has 24 heavy (non-hydrogen) atoms. The van der Waals surface area contributed by atoms with Crippen LogP contribution >= 0.6 is 0 Å². The van der Waals surface area contributed by atoms with E-state index >= 15 is 0 Å². The summed E-state index contributed by atoms with van der Waals surface area (Å²) in [5, 5.41) is 21.4. The van der Waals surface area contributed by atoms with E-state index in [9.17, 15) is 14.7 Å². The number of carbonyl (C=O) groups is 2. The summed E-state index contributed by atoms with van der Waals surface area (Å²) in [5.74, 6) is -0.812. The Morgan fingerprint density at radius 3 is 2.62 bits per heavy atom. The first kappa shape index (κ1) is 20.9. The van der Waals surface area contributed by atoms with Crippen molar-refractivity contribution in [1.82, 2.24) is 5.32 Å². The lowest BCUT2D eigenvalue weighted by Gasteiger charge is -2.31. The van der Waals surface area contributed by atoms with Crippen molar-refractivity contribution in [3.8, 4) is 0 Å². The monoisotopic (exact) mass is 342 g/mol. The van der Waals surface area contributed by atoms with Crippen LogP contribution in [0.5, 0.6) is 0 Å². The van der Waals surface area contributed by atoms with Gasteiger partial charge in [-0.1, -0.05) is 12.7 Å². The molecule has 0 bridgehead atoms. The van der Waals surface area contributed by atoms with E-state index in [0.717, 1.165) is 20.3 Å². The second-order valence-corrected chi connectivity index (χ2v) is 7.16. The lowest BCUT2D eigenvalue weighted by molar-refractivity contribution is -0.145. The van der Waals surface area contributed by atoms with Crippen LogP contribution in [0.25, 0.3) is 0 Å². The Morgan fingerprint density at radius 1 is 1.42 bits per heavy atom. The van der Waals surface area contributed by atoms with E-state index in [2.05, 4.69) is 5.32 Å². The van der Waals surface area contributed by atoms with Crippen LogP contribution in [0.2, 0.25) is 6.32 Å². The quantitative estimate of drug-likeness (QED) is 0.282. The first-order valence-electron chi connectivity index (χ1n) is 8.33. The summed E-state index contributed by atoms with van der Waals surface area (Å²) in [6, 6.07) is -0.493. The molecule has 2 aliphatic rings. The van der Waals surface area contributed by atoms with Crippen molar-refractivity contribution in [2.75, 3.05) is 0 Å². The molecule has 8 nitrogen and oxygen atoms in total. The predicted molar refractivity (Wildman–Crippen MR) is 90.1 cm³/mol. The Bertz CT molecular complexity index is 464. The number of fused-ring (bicyclic) bond motifs is 1. The maximum Gasteiger partial charge on any atom is 0.323 e. The van der Waals surface area contributed by atoms with E-state index in [1.165, 1.54) is 0 Å². The van der Waals surface area contributed by atoms with Crippen molar-refractivity contribution in [2.24, 2.45) is 29.2 Å². The van der Waals surface area contributed by atoms with Gasteiger partial charge >= 0.3 is 5.97 Å². The number of hydrogen-bond acceptors (Lipinski definition) is 5. The maximum absolute atomic E-state index is 11.8. The van der Waals surface area contributed by atoms with Crippen LogP contribution < -0.4 is 16.8 Å². The third kappa shape index (κ3) is 4.08. The molecule has 2 saturated carbocycles. The van der Waals surface area contributed by atoms with Gasteiger partial charge in [0.05, 0.1) is 6.04 Å². The summed E-state index contributed by atoms with van der Waals surface area (Å²) in [5.41, 5.74) is 10.6. The highest BCUT2D eigenvalue weighted by molar-refractivity contribution is 6.25. The minimum atomic E-state index is -1.19. The number of carboxylic acid groups (broad SMARTS) is 1. The molecule has 0 aromatic rings. The smallest absolute Gasteiger partial charge is 0.323 e. The summed E-state index contributed by atoms with van der Waals surface area (Å²) >= 11 is 0. The zero-order valence-electron chi connectivity index (χ0n) is 14.1. The molecule has 2 aliphatic carbocycles. The molecule has 6 atom stereocenters. The largest absolute Gasteiger partial charge is 0.480 e. The van der Waals surface area contributed by atoms with Gasteiger partial charge in [0.2, 0.25) is 5.91 Å². The molecule has 9 N–H and O–H groups in total. The van der Waals surface area contributed by atoms with Crippen LogP contribution in [0.3, 0.4) is 0 Å². The van der Waals surface area contributed by atoms with Gasteiger partial charge in [-0.3, -0.25) is 9.59 Å². The van der Waals surface area contributed by atoms with Crippen LogP contribution in [-0.2, 0) is 9.59 Å². The second-order valence-electron chi connectivity index (χ2n) is 7.16. The van der Waals surface area contributed by atoms with Gasteiger partial charge in [0.25, 0.3) is 7.48 Å². The van der Waals surface area contributed by atoms with Crippen molar-refractivity contribution in [1.29, 1.82) is 0 Å². The minimum absolute atomic E-state index is 0. The molecule has 9 heteroatoms. The van der Waals surface area contributed by atoms with Crippen molar-refractivity contribution in [3.63, 3.8) is 0 Å². The van der Waals surface area contributed by atoms with Gasteiger partial charge in [0.15, 0.2) is 0 Å². The second kappa shape index (κ2) is 8.29. The summed E-state index contributed by atoms with van der Waals surface area (Å²) in [6.45, 7) is 1.65. The van der Waals surface area contributed by atoms with E-state index in [-0.39, 0.29) is 35.2 Å². The van der Waals surface area contributed by atoms with Crippen LogP contribution in [0, 0.1) is 17.8 Å². The molecule has 0 aliphatic heterocycles. The fraction of sp³-hybridized carbons (Fsp3) is 0.867. The number of carbonyl (C=O) groups excluding carboxylic acids is 1. The minimum Gasteiger partial charge on any atom is -0.480 e. The Balaban J connectivity index is 0.00000288. The highest BCUT2D eigenvalue weighted by atomic mass is 16.4. The molecule has 0 saturated heterocycles. The molecule has 1 radical (unpaired) electrons. The van der Waals surface area contributed by atoms with Crippen molar-refractivity contribution in [3.05, 3.63) is 0 Å². The molecule has 0 heterocycles. The Kier molecular flexibility index (Phi) is 7.21. The molecule has 137 valence electrons. The zero-order chi connectivity index (χ0) is 17.2. The highest BCUT2D eigenvalue weighted by Crippen LogP contribution is 2.53. The Labute approximate surface area is 142 Å². The van der Waals surface area contributed by atoms with Crippen LogP contribution in [0.1, 0.15) is 39.0 Å². The van der Waals surface area contributed by atoms with E-state index in [1.807, 2.05) is 0 Å². The van der Waals surface area contributed by atoms with Gasteiger partial charge < -0.3 is 32.4 Å². The van der Waals surface area contributed by atoms with Gasteiger partial charge in [0.1, 0.15) is 5.54 Å². The number of aliphatic carboxylic acids is 1. The standard InChI is InChI=1S/C15H27BN3O4.H2O/c1-8(17)13(20)19-10-5-9-7-15(18,14(21)22)12(11(9)6-10)3-2-4-16-23;/h8-12,23H,2-7,17-18H2,1H3,(H,19,20)(H,21,22);1H2/t8-,9+,10-,11+,12-,15-;/m0./s1. The first-order chi connectivity index (χ1) is 10.8. The normalized spacial score (nSPS) is 35.7. The van der Waals surface area contributed by atoms with Crippen LogP contribution in [0.4, 0.5) is 0 Å². The zero-order valence-corrected chi connectivity index (χ0v) is 14.1. The highest BCUT2D eigenvalue weighted by Gasteiger charge is 2.58. The van der Waals surface area contributed by atoms with Crippen LogP contribution in [0.15, 0.2) is 0 Å². The molecule has 2 fully saturated rings. The van der Waals surface area contributed by atoms with Gasteiger partial charge in [-0.2, -0.15) is 0 Å². The van der Waals surface area contributed by atoms with E-state index in [1.54, 1.807) is 6.92 Å². The van der Waals surface area contributed by atoms with E-state index in [4.69, 9.17) is 16.5 Å². The molecule has 0 aromatic heterocycles. The maximum atomic E-state index is 11.8. The number of hydrogen-bond donors (Lipinski definition) is 5. The average molecular weight is 342 g/mol. The van der Waals surface area contributed by atoms with E-state index < -0.39 is 17.6 Å². The number of amides is 1. The van der Waals surface area contributed by atoms with Crippen molar-refractivity contribution in [2.45, 2.75) is 63.0 Å². The van der Waals surface area contributed by atoms with Crippen LogP contribution in [-0.4, -0.2) is 52.6 Å². The fourth-order valence-electron chi connectivity index (χ4n) is 4.45. The fourth-order valence-corrected chi connectivity index (χ4v) is 4.45. The summed E-state index contributed by atoms with van der Waals surface area (Å²) < 4.78 is 0. The van der Waals surface area contributed by atoms with E-state index in [0.29, 0.717) is 25.6 Å². The summed E-state index contributed by atoms with van der Waals surface area (Å²) in [4.78, 5) is 23.4. The third-order valence-corrected chi connectivity index (χ3v) is 5.53. The Morgan fingerprint density at radius 2 is 2.08 bits per heavy atom. The van der Waals surface area contributed by atoms with Crippen molar-refractivity contribution >= 4 is 19.4 Å². The molecule has 0 unspecified atom stereocenters. The van der Waals surface area contributed by atoms with Gasteiger partial charge in [-0.05, 0) is 50.4 Å². The molecule has 0 spiro atoms. The summed E-state index contributed by atoms with van der Waals surface area (Å²) in [7, 11) is 1.10. The topological polar surface area (TPSA) is 170 Å². The van der Waals surface area contributed by atoms with Gasteiger partial charge in [-0.15, -0.1) is 0 Å². The lowest BCUT2D eigenvalue weighted by atomic mass is 9.77. The molecule has 1 amide bonds. The molecular weight excluding hydrogens is 313 g/mol. The SMILES string of the molecule is C[C@H](N)C(=O)N[C@H]1C[C@@H]2C[C@@](N)(C(=O)O)[C@@H](CCC[B]O)[C@@H]2C1.O. The summed E-state index contributed by atoms with van der Waals surface area (Å²) in [6.07, 6.45) is 3.89. The molecule has 0 aromatic carbocycles. The lowest BCUT2D eigenvalue weighted by Crippen LogP contribution is -2.53. The number of nitrogens with one attached hydrogen (secondary N) is 1. The van der Waals surface area contributed by atoms with Crippen molar-refractivity contribution < 1.29 is 25.2 Å². The number of rotatable bonds is 7. The molecular formula is C15H29BN3O5. The predicted octanol–water partition coefficient (Wildman–Crippen LogP) is -1.37. The third-order valence-electron chi connectivity index (χ3n) is 5.53. The van der Waals surface area contributed by atoms with Gasteiger partial charge in [-0.25, -0.2) is 0 Å².